The van der Waals surface area contributed by atoms with Crippen molar-refractivity contribution in [2.45, 2.75) is 12.3 Å². The summed E-state index contributed by atoms with van der Waals surface area (Å²) in [7, 11) is 0. The number of anilines is 1. The Morgan fingerprint density at radius 2 is 1.79 bits per heavy atom. The Kier molecular flexibility index (Phi) is 4.45. The van der Waals surface area contributed by atoms with Gasteiger partial charge in [0.1, 0.15) is 5.69 Å². The molecule has 1 aromatic carbocycles. The molecule has 0 atom stereocenters. The SMILES string of the molecule is C#CCN1C(=O)C(F)(F)Oc2cc(F)c(-n3c(=O)cc(C(F)(F)F)[nH]c3=O)cc21. The highest BCUT2D eigenvalue weighted by Gasteiger charge is 2.50. The third-order valence-corrected chi connectivity index (χ3v) is 3.78. The summed E-state index contributed by atoms with van der Waals surface area (Å²) in [6, 6.07) is 0.965. The van der Waals surface area contributed by atoms with Crippen LogP contribution in [0.4, 0.5) is 32.0 Å². The number of fused-ring (bicyclic) bond motifs is 1. The molecule has 152 valence electrons. The number of nitrogens with zero attached hydrogens (tertiary/aromatic N) is 2. The first-order valence-corrected chi connectivity index (χ1v) is 7.46. The highest BCUT2D eigenvalue weighted by atomic mass is 19.4. The second kappa shape index (κ2) is 6.43. The van der Waals surface area contributed by atoms with Gasteiger partial charge in [-0.15, -0.1) is 6.42 Å². The van der Waals surface area contributed by atoms with Crippen LogP contribution in [0.2, 0.25) is 0 Å². The number of terminal acetylenes is 1. The van der Waals surface area contributed by atoms with Gasteiger partial charge >= 0.3 is 23.9 Å². The number of H-pyrrole nitrogens is 1. The van der Waals surface area contributed by atoms with Crippen LogP contribution in [0.15, 0.2) is 27.8 Å². The Hall–Kier alpha value is -3.69. The molecule has 0 spiro atoms. The van der Waals surface area contributed by atoms with Gasteiger partial charge in [-0.3, -0.25) is 14.5 Å². The first kappa shape index (κ1) is 20.1. The minimum Gasteiger partial charge on any atom is -0.423 e. The number of rotatable bonds is 2. The highest BCUT2D eigenvalue weighted by molar-refractivity contribution is 6.01. The zero-order valence-electron chi connectivity index (χ0n) is 13.8. The Labute approximate surface area is 156 Å². The quantitative estimate of drug-likeness (QED) is 0.593. The lowest BCUT2D eigenvalue weighted by atomic mass is 10.2. The smallest absolute Gasteiger partial charge is 0.423 e. The zero-order chi connectivity index (χ0) is 21.7. The molecule has 0 aliphatic carbocycles. The van der Waals surface area contributed by atoms with Crippen molar-refractivity contribution in [1.29, 1.82) is 0 Å². The van der Waals surface area contributed by atoms with Crippen LogP contribution in [0.5, 0.6) is 5.75 Å². The molecule has 0 saturated carbocycles. The average Bonchev–Trinajstić information content (AvgIpc) is 2.58. The zero-order valence-corrected chi connectivity index (χ0v) is 13.8. The van der Waals surface area contributed by atoms with E-state index in [4.69, 9.17) is 6.42 Å². The van der Waals surface area contributed by atoms with Crippen molar-refractivity contribution in [3.63, 3.8) is 0 Å². The number of aromatic nitrogens is 2. The molecule has 2 aromatic rings. The molecule has 1 amide bonds. The number of hydrogen-bond acceptors (Lipinski definition) is 4. The van der Waals surface area contributed by atoms with Gasteiger partial charge in [0.25, 0.3) is 5.56 Å². The van der Waals surface area contributed by atoms with E-state index in [2.05, 4.69) is 4.74 Å². The Balaban J connectivity index is 2.25. The number of aromatic amines is 1. The summed E-state index contributed by atoms with van der Waals surface area (Å²) >= 11 is 0. The van der Waals surface area contributed by atoms with Crippen molar-refractivity contribution < 1.29 is 35.9 Å². The molecule has 0 fully saturated rings. The average molecular weight is 419 g/mol. The number of nitrogens with one attached hydrogen (secondary N) is 1. The molecule has 3 rings (SSSR count). The summed E-state index contributed by atoms with van der Waals surface area (Å²) in [4.78, 5) is 37.5. The van der Waals surface area contributed by atoms with Crippen LogP contribution in [0.1, 0.15) is 5.69 Å². The standard InChI is InChI=1S/C16H7F6N3O4/c1-2-3-24-9-5-8(7(17)4-10(9)29-16(21,22)13(24)27)25-12(26)6-11(15(18,19)20)23-14(25)28/h1,4-6H,3H2,(H,23,28). The van der Waals surface area contributed by atoms with Crippen molar-refractivity contribution in [3.8, 4) is 23.8 Å². The molecule has 1 aromatic heterocycles. The van der Waals surface area contributed by atoms with E-state index in [-0.39, 0.29) is 10.6 Å². The number of benzene rings is 1. The maximum atomic E-state index is 14.4. The van der Waals surface area contributed by atoms with Gasteiger partial charge in [0.15, 0.2) is 11.6 Å². The fraction of sp³-hybridized carbons (Fsp3) is 0.188. The molecule has 1 N–H and O–H groups in total. The van der Waals surface area contributed by atoms with Gasteiger partial charge in [0.05, 0.1) is 17.9 Å². The summed E-state index contributed by atoms with van der Waals surface area (Å²) in [6.45, 7) is -0.700. The number of alkyl halides is 5. The van der Waals surface area contributed by atoms with Crippen LogP contribution in [-0.4, -0.2) is 28.1 Å². The maximum Gasteiger partial charge on any atom is 0.483 e. The van der Waals surface area contributed by atoms with Crippen LogP contribution in [0.3, 0.4) is 0 Å². The first-order valence-electron chi connectivity index (χ1n) is 7.46. The molecule has 2 heterocycles. The minimum atomic E-state index is -5.05. The summed E-state index contributed by atoms with van der Waals surface area (Å²) in [5, 5.41) is 0. The lowest BCUT2D eigenvalue weighted by molar-refractivity contribution is -0.192. The van der Waals surface area contributed by atoms with E-state index in [1.54, 1.807) is 0 Å². The maximum absolute atomic E-state index is 14.4. The number of carbonyl (C=O) groups excluding carboxylic acids is 1. The van der Waals surface area contributed by atoms with Gasteiger partial charge in [0, 0.05) is 12.1 Å². The van der Waals surface area contributed by atoms with Crippen LogP contribution in [0.25, 0.3) is 5.69 Å². The number of amides is 1. The molecule has 0 saturated heterocycles. The van der Waals surface area contributed by atoms with E-state index < -0.39 is 64.6 Å². The van der Waals surface area contributed by atoms with E-state index in [9.17, 15) is 40.7 Å². The molecule has 29 heavy (non-hydrogen) atoms. The normalized spacial score (nSPS) is 15.5. The Morgan fingerprint density at radius 3 is 2.34 bits per heavy atom. The first-order chi connectivity index (χ1) is 13.4. The van der Waals surface area contributed by atoms with Crippen LogP contribution in [-0.2, 0) is 11.0 Å². The molecule has 1 aliphatic rings. The van der Waals surface area contributed by atoms with Crippen LogP contribution < -0.4 is 20.9 Å². The molecule has 1 aliphatic heterocycles. The minimum absolute atomic E-state index is 0.00384. The lowest BCUT2D eigenvalue weighted by Crippen LogP contribution is -2.51. The Bertz CT molecular complexity index is 1140. The summed E-state index contributed by atoms with van der Waals surface area (Å²) in [5.74, 6) is -2.25. The third kappa shape index (κ3) is 3.33. The van der Waals surface area contributed by atoms with Crippen LogP contribution >= 0.6 is 0 Å². The largest absolute Gasteiger partial charge is 0.483 e. The second-order valence-electron chi connectivity index (χ2n) is 5.65. The van der Waals surface area contributed by atoms with Gasteiger partial charge in [-0.2, -0.15) is 22.0 Å². The van der Waals surface area contributed by atoms with Crippen molar-refractivity contribution >= 4 is 11.6 Å². The van der Waals surface area contributed by atoms with E-state index in [0.29, 0.717) is 17.0 Å². The molecule has 13 heteroatoms. The van der Waals surface area contributed by atoms with Gasteiger partial charge in [-0.1, -0.05) is 5.92 Å². The molecule has 0 bridgehead atoms. The summed E-state index contributed by atoms with van der Waals surface area (Å²) in [6.07, 6.45) is -4.38. The van der Waals surface area contributed by atoms with E-state index >= 15 is 0 Å². The van der Waals surface area contributed by atoms with Crippen molar-refractivity contribution in [3.05, 3.63) is 50.5 Å². The fourth-order valence-corrected chi connectivity index (χ4v) is 2.57. The van der Waals surface area contributed by atoms with Crippen molar-refractivity contribution in [2.75, 3.05) is 11.4 Å². The molecule has 0 unspecified atom stereocenters. The van der Waals surface area contributed by atoms with E-state index in [1.807, 2.05) is 5.92 Å². The Morgan fingerprint density at radius 1 is 1.14 bits per heavy atom. The van der Waals surface area contributed by atoms with Gasteiger partial charge in [0.2, 0.25) is 0 Å². The number of carbonyl (C=O) groups is 1. The van der Waals surface area contributed by atoms with Gasteiger partial charge in [-0.25, -0.2) is 13.8 Å². The predicted molar refractivity (Wildman–Crippen MR) is 84.4 cm³/mol. The molecular formula is C16H7F6N3O4. The topological polar surface area (TPSA) is 84.4 Å². The number of hydrogen-bond donors (Lipinski definition) is 1. The summed E-state index contributed by atoms with van der Waals surface area (Å²) < 4.78 is 84.0. The highest BCUT2D eigenvalue weighted by Crippen LogP contribution is 2.41. The predicted octanol–water partition coefficient (Wildman–Crippen LogP) is 1.64. The molecular weight excluding hydrogens is 412 g/mol. The van der Waals surface area contributed by atoms with E-state index in [0.717, 1.165) is 0 Å². The second-order valence-corrected chi connectivity index (χ2v) is 5.65. The lowest BCUT2D eigenvalue weighted by Gasteiger charge is -2.32. The number of ether oxygens (including phenoxy) is 1. The van der Waals surface area contributed by atoms with Gasteiger partial charge < -0.3 is 9.72 Å². The van der Waals surface area contributed by atoms with Crippen molar-refractivity contribution in [1.82, 2.24) is 9.55 Å². The summed E-state index contributed by atoms with van der Waals surface area (Å²) in [5.41, 5.74) is -6.31. The van der Waals surface area contributed by atoms with E-state index in [1.165, 1.54) is 4.98 Å². The third-order valence-electron chi connectivity index (χ3n) is 3.78. The van der Waals surface area contributed by atoms with Gasteiger partial charge in [-0.05, 0) is 6.07 Å². The number of halogens is 6. The molecule has 0 radical (unpaired) electrons. The molecule has 7 nitrogen and oxygen atoms in total. The fourth-order valence-electron chi connectivity index (χ4n) is 2.57. The monoisotopic (exact) mass is 419 g/mol. The van der Waals surface area contributed by atoms with Crippen LogP contribution in [0, 0.1) is 18.2 Å². The van der Waals surface area contributed by atoms with Crippen molar-refractivity contribution in [2.24, 2.45) is 0 Å².